The smallest absolute Gasteiger partial charge is 0.213 e. The summed E-state index contributed by atoms with van der Waals surface area (Å²) in [6.45, 7) is 6.33. The number of benzene rings is 1. The van der Waals surface area contributed by atoms with Crippen molar-refractivity contribution in [3.05, 3.63) is 71.2 Å². The van der Waals surface area contributed by atoms with Crippen molar-refractivity contribution in [1.29, 1.82) is 0 Å². The Labute approximate surface area is 142 Å². The molecule has 0 aliphatic heterocycles. The zero-order chi connectivity index (χ0) is 17.1. The van der Waals surface area contributed by atoms with Gasteiger partial charge in [-0.15, -0.1) is 0 Å². The second-order valence-corrected chi connectivity index (χ2v) is 5.82. The summed E-state index contributed by atoms with van der Waals surface area (Å²) in [4.78, 5) is 8.69. The maximum atomic E-state index is 5.06. The van der Waals surface area contributed by atoms with Crippen molar-refractivity contribution >= 4 is 11.9 Å². The van der Waals surface area contributed by atoms with Gasteiger partial charge in [-0.1, -0.05) is 12.1 Å². The fourth-order valence-electron chi connectivity index (χ4n) is 2.80. The van der Waals surface area contributed by atoms with Gasteiger partial charge in [0.15, 0.2) is 0 Å². The number of hydrogen-bond donors (Lipinski definition) is 0. The molecule has 4 nitrogen and oxygen atoms in total. The van der Waals surface area contributed by atoms with E-state index in [1.165, 1.54) is 22.6 Å². The lowest BCUT2D eigenvalue weighted by molar-refractivity contribution is 0.398. The molecule has 0 spiro atoms. The number of hydrogen-bond acceptors (Lipinski definition) is 3. The fraction of sp³-hybridized carbons (Fsp3) is 0.200. The Hall–Kier alpha value is -2.88. The molecule has 2 aromatic heterocycles. The van der Waals surface area contributed by atoms with Gasteiger partial charge in [0.25, 0.3) is 0 Å². The minimum atomic E-state index is 0.589. The molecule has 0 radical (unpaired) electrons. The molecule has 0 unspecified atom stereocenters. The fourth-order valence-corrected chi connectivity index (χ4v) is 2.80. The molecule has 0 aliphatic rings. The van der Waals surface area contributed by atoms with Gasteiger partial charge in [0, 0.05) is 34.9 Å². The molecular weight excluding hydrogens is 298 g/mol. The van der Waals surface area contributed by atoms with Crippen LogP contribution < -0.4 is 4.74 Å². The first-order valence-electron chi connectivity index (χ1n) is 7.88. The highest BCUT2D eigenvalue weighted by molar-refractivity contribution is 5.84. The van der Waals surface area contributed by atoms with Crippen LogP contribution in [0, 0.1) is 20.8 Å². The van der Waals surface area contributed by atoms with Gasteiger partial charge in [-0.25, -0.2) is 4.98 Å². The van der Waals surface area contributed by atoms with E-state index in [-0.39, 0.29) is 0 Å². The summed E-state index contributed by atoms with van der Waals surface area (Å²) in [5.74, 6) is 0.589. The molecule has 0 amide bonds. The predicted octanol–water partition coefficient (Wildman–Crippen LogP) is 4.56. The monoisotopic (exact) mass is 319 g/mol. The Balaban J connectivity index is 1.92. The van der Waals surface area contributed by atoms with Crippen molar-refractivity contribution in [2.45, 2.75) is 20.8 Å². The van der Waals surface area contributed by atoms with Crippen LogP contribution >= 0.6 is 0 Å². The molecule has 0 aliphatic carbocycles. The number of ether oxygens (including phenoxy) is 1. The average Bonchev–Trinajstić information content (AvgIpc) is 2.87. The van der Waals surface area contributed by atoms with Crippen LogP contribution in [0.2, 0.25) is 0 Å². The highest BCUT2D eigenvalue weighted by Gasteiger charge is 2.09. The van der Waals surface area contributed by atoms with Crippen LogP contribution in [0.3, 0.4) is 0 Å². The number of pyridine rings is 1. The van der Waals surface area contributed by atoms with Gasteiger partial charge in [0.2, 0.25) is 5.88 Å². The molecule has 0 atom stereocenters. The molecular formula is C20H21N3O. The van der Waals surface area contributed by atoms with Gasteiger partial charge in [-0.2, -0.15) is 0 Å². The van der Waals surface area contributed by atoms with Crippen molar-refractivity contribution in [2.75, 3.05) is 7.11 Å². The minimum absolute atomic E-state index is 0.589. The molecule has 2 heterocycles. The molecule has 0 N–H and O–H groups in total. The molecule has 0 bridgehead atoms. The predicted molar refractivity (Wildman–Crippen MR) is 98.0 cm³/mol. The van der Waals surface area contributed by atoms with Gasteiger partial charge in [-0.05, 0) is 50.6 Å². The third-order valence-electron chi connectivity index (χ3n) is 4.01. The first kappa shape index (κ1) is 16.0. The van der Waals surface area contributed by atoms with E-state index >= 15 is 0 Å². The van der Waals surface area contributed by atoms with E-state index in [1.54, 1.807) is 13.3 Å². The number of nitrogens with zero attached hydrogens (tertiary/aromatic N) is 3. The van der Waals surface area contributed by atoms with Crippen molar-refractivity contribution in [1.82, 2.24) is 9.55 Å². The zero-order valence-corrected chi connectivity index (χ0v) is 14.4. The van der Waals surface area contributed by atoms with Gasteiger partial charge >= 0.3 is 0 Å². The van der Waals surface area contributed by atoms with E-state index in [2.05, 4.69) is 65.6 Å². The van der Waals surface area contributed by atoms with Crippen LogP contribution in [0.5, 0.6) is 5.88 Å². The van der Waals surface area contributed by atoms with Crippen LogP contribution in [0.1, 0.15) is 22.5 Å². The standard InChI is InChI=1S/C20H21N3O/c1-14-6-5-7-19(10-14)23-15(2)11-17(16(23)3)12-21-18-8-9-20(24-4)22-13-18/h5-13H,1-4H3. The summed E-state index contributed by atoms with van der Waals surface area (Å²) in [6.07, 6.45) is 3.59. The second kappa shape index (κ2) is 6.71. The Bertz CT molecular complexity index is 876. The van der Waals surface area contributed by atoms with Gasteiger partial charge in [-0.3, -0.25) is 4.99 Å². The lowest BCUT2D eigenvalue weighted by atomic mass is 10.2. The third-order valence-corrected chi connectivity index (χ3v) is 4.01. The summed E-state index contributed by atoms with van der Waals surface area (Å²) in [5.41, 5.74) is 6.69. The highest BCUT2D eigenvalue weighted by Crippen LogP contribution is 2.21. The second-order valence-electron chi connectivity index (χ2n) is 5.82. The number of aromatic nitrogens is 2. The van der Waals surface area contributed by atoms with Crippen molar-refractivity contribution < 1.29 is 4.74 Å². The first-order chi connectivity index (χ1) is 11.6. The van der Waals surface area contributed by atoms with Crippen LogP contribution in [0.15, 0.2) is 53.7 Å². The quantitative estimate of drug-likeness (QED) is 0.661. The van der Waals surface area contributed by atoms with Crippen LogP contribution in [-0.2, 0) is 0 Å². The van der Waals surface area contributed by atoms with E-state index in [0.29, 0.717) is 5.88 Å². The first-order valence-corrected chi connectivity index (χ1v) is 7.88. The minimum Gasteiger partial charge on any atom is -0.481 e. The lowest BCUT2D eigenvalue weighted by Gasteiger charge is -2.10. The molecule has 0 fully saturated rings. The third kappa shape index (κ3) is 3.23. The maximum absolute atomic E-state index is 5.06. The highest BCUT2D eigenvalue weighted by atomic mass is 16.5. The van der Waals surface area contributed by atoms with Gasteiger partial charge in [0.05, 0.1) is 19.0 Å². The molecule has 0 saturated carbocycles. The molecule has 3 aromatic rings. The largest absolute Gasteiger partial charge is 0.481 e. The van der Waals surface area contributed by atoms with Crippen LogP contribution in [-0.4, -0.2) is 22.9 Å². The Morgan fingerprint density at radius 2 is 1.92 bits per heavy atom. The lowest BCUT2D eigenvalue weighted by Crippen LogP contribution is -1.99. The molecule has 122 valence electrons. The van der Waals surface area contributed by atoms with E-state index in [9.17, 15) is 0 Å². The Morgan fingerprint density at radius 1 is 1.08 bits per heavy atom. The van der Waals surface area contributed by atoms with Crippen molar-refractivity contribution in [2.24, 2.45) is 4.99 Å². The van der Waals surface area contributed by atoms with Crippen molar-refractivity contribution in [3.63, 3.8) is 0 Å². The molecule has 1 aromatic carbocycles. The molecule has 3 rings (SSSR count). The normalized spacial score (nSPS) is 11.2. The Kier molecular flexibility index (Phi) is 4.47. The van der Waals surface area contributed by atoms with Crippen molar-refractivity contribution in [3.8, 4) is 11.6 Å². The SMILES string of the molecule is COc1ccc(N=Cc2cc(C)n(-c3cccc(C)c3)c2C)cn1. The van der Waals surface area contributed by atoms with E-state index in [4.69, 9.17) is 4.74 Å². The van der Waals surface area contributed by atoms with Gasteiger partial charge < -0.3 is 9.30 Å². The molecule has 24 heavy (non-hydrogen) atoms. The number of aryl methyl sites for hydroxylation is 2. The number of methoxy groups -OCH3 is 1. The summed E-state index contributed by atoms with van der Waals surface area (Å²) < 4.78 is 7.31. The molecule has 4 heteroatoms. The number of aliphatic imine (C=N–C) groups is 1. The van der Waals surface area contributed by atoms with E-state index in [1.807, 2.05) is 18.3 Å². The van der Waals surface area contributed by atoms with Gasteiger partial charge in [0.1, 0.15) is 0 Å². The average molecular weight is 319 g/mol. The maximum Gasteiger partial charge on any atom is 0.213 e. The summed E-state index contributed by atoms with van der Waals surface area (Å²) in [6, 6.07) is 14.4. The summed E-state index contributed by atoms with van der Waals surface area (Å²) in [5, 5.41) is 0. The van der Waals surface area contributed by atoms with E-state index < -0.39 is 0 Å². The van der Waals surface area contributed by atoms with Crippen LogP contribution in [0.25, 0.3) is 5.69 Å². The van der Waals surface area contributed by atoms with E-state index in [0.717, 1.165) is 11.3 Å². The topological polar surface area (TPSA) is 39.4 Å². The summed E-state index contributed by atoms with van der Waals surface area (Å²) >= 11 is 0. The molecule has 0 saturated heterocycles. The summed E-state index contributed by atoms with van der Waals surface area (Å²) in [7, 11) is 1.60. The number of rotatable bonds is 4. The van der Waals surface area contributed by atoms with Crippen LogP contribution in [0.4, 0.5) is 5.69 Å². The Morgan fingerprint density at radius 3 is 2.58 bits per heavy atom. The zero-order valence-electron chi connectivity index (χ0n) is 14.4.